The Morgan fingerprint density at radius 1 is 1.33 bits per heavy atom. The van der Waals surface area contributed by atoms with Crippen molar-refractivity contribution >= 4 is 16.7 Å². The van der Waals surface area contributed by atoms with E-state index in [1.165, 1.54) is 6.92 Å². The molecule has 0 aliphatic carbocycles. The van der Waals surface area contributed by atoms with Gasteiger partial charge in [-0.05, 0) is 18.4 Å². The molecule has 1 N–H and O–H groups in total. The number of hydrogen-bond donors (Lipinski definition) is 1. The SMILES string of the molecule is CC(=O)c1c([O-])c2ccccc2[nH]c1=O. The number of rotatable bonds is 1. The summed E-state index contributed by atoms with van der Waals surface area (Å²) in [6, 6.07) is 6.61. The van der Waals surface area contributed by atoms with E-state index in [1.807, 2.05) is 0 Å². The average Bonchev–Trinajstić information content (AvgIpc) is 2.17. The van der Waals surface area contributed by atoms with Crippen molar-refractivity contribution in [1.29, 1.82) is 0 Å². The minimum Gasteiger partial charge on any atom is -0.871 e. The third kappa shape index (κ3) is 1.40. The second-order valence-electron chi connectivity index (χ2n) is 3.26. The van der Waals surface area contributed by atoms with E-state index >= 15 is 0 Å². The quantitative estimate of drug-likeness (QED) is 0.695. The summed E-state index contributed by atoms with van der Waals surface area (Å²) in [5, 5.41) is 12.1. The molecule has 0 fully saturated rings. The van der Waals surface area contributed by atoms with Crippen molar-refractivity contribution in [1.82, 2.24) is 4.98 Å². The summed E-state index contributed by atoms with van der Waals surface area (Å²) in [5.41, 5.74) is -0.461. The van der Waals surface area contributed by atoms with E-state index in [1.54, 1.807) is 24.3 Å². The maximum atomic E-state index is 11.7. The van der Waals surface area contributed by atoms with Crippen LogP contribution in [0.25, 0.3) is 10.9 Å². The standard InChI is InChI=1S/C11H9NO3/c1-6(13)9-10(14)7-4-2-3-5-8(7)12-11(9)15/h2-5H,1H3,(H2,12,14,15)/p-1. The molecule has 2 rings (SSSR count). The second kappa shape index (κ2) is 3.24. The normalized spacial score (nSPS) is 10.5. The fourth-order valence-electron chi connectivity index (χ4n) is 1.53. The number of fused-ring (bicyclic) bond motifs is 1. The molecule has 0 atom stereocenters. The molecule has 0 bridgehead atoms. The summed E-state index contributed by atoms with van der Waals surface area (Å²) in [6.45, 7) is 1.21. The molecule has 0 saturated heterocycles. The van der Waals surface area contributed by atoms with Crippen molar-refractivity contribution in [3.63, 3.8) is 0 Å². The van der Waals surface area contributed by atoms with Gasteiger partial charge in [0.2, 0.25) is 0 Å². The number of carbonyl (C=O) groups excluding carboxylic acids is 1. The molecule has 0 saturated carbocycles. The number of para-hydroxylation sites is 1. The van der Waals surface area contributed by atoms with Gasteiger partial charge >= 0.3 is 0 Å². The van der Waals surface area contributed by atoms with E-state index in [-0.39, 0.29) is 5.56 Å². The molecule has 0 aliphatic heterocycles. The highest BCUT2D eigenvalue weighted by atomic mass is 16.3. The lowest BCUT2D eigenvalue weighted by molar-refractivity contribution is -0.266. The van der Waals surface area contributed by atoms with Gasteiger partial charge in [0.1, 0.15) is 0 Å². The number of carbonyl (C=O) groups is 1. The molecule has 1 aromatic heterocycles. The van der Waals surface area contributed by atoms with Gasteiger partial charge in [-0.2, -0.15) is 0 Å². The molecular formula is C11H8NO3-. The van der Waals surface area contributed by atoms with E-state index < -0.39 is 17.1 Å². The molecular weight excluding hydrogens is 194 g/mol. The summed E-state index contributed by atoms with van der Waals surface area (Å²) >= 11 is 0. The minimum absolute atomic E-state index is 0.297. The number of H-pyrrole nitrogens is 1. The Kier molecular flexibility index (Phi) is 2.04. The molecule has 1 aromatic carbocycles. The van der Waals surface area contributed by atoms with Gasteiger partial charge in [0.05, 0.1) is 5.56 Å². The first-order valence-corrected chi connectivity index (χ1v) is 4.44. The van der Waals surface area contributed by atoms with Crippen molar-refractivity contribution in [2.24, 2.45) is 0 Å². The van der Waals surface area contributed by atoms with Gasteiger partial charge in [0.25, 0.3) is 5.56 Å². The second-order valence-corrected chi connectivity index (χ2v) is 3.26. The van der Waals surface area contributed by atoms with Crippen LogP contribution in [-0.4, -0.2) is 10.8 Å². The van der Waals surface area contributed by atoms with Gasteiger partial charge in [-0.15, -0.1) is 0 Å². The zero-order chi connectivity index (χ0) is 11.0. The molecule has 1 heterocycles. The van der Waals surface area contributed by atoms with Gasteiger partial charge in [0, 0.05) is 5.52 Å². The molecule has 4 nitrogen and oxygen atoms in total. The van der Waals surface area contributed by atoms with Crippen molar-refractivity contribution in [2.45, 2.75) is 6.92 Å². The van der Waals surface area contributed by atoms with Crippen LogP contribution in [0.3, 0.4) is 0 Å². The molecule has 4 heteroatoms. The van der Waals surface area contributed by atoms with Crippen molar-refractivity contribution < 1.29 is 9.90 Å². The maximum absolute atomic E-state index is 11.7. The Morgan fingerprint density at radius 3 is 2.67 bits per heavy atom. The number of benzene rings is 1. The summed E-state index contributed by atoms with van der Waals surface area (Å²) in [5.74, 6) is -1.01. The lowest BCUT2D eigenvalue weighted by Gasteiger charge is -2.13. The number of ketones is 1. The highest BCUT2D eigenvalue weighted by molar-refractivity contribution is 6.01. The highest BCUT2D eigenvalue weighted by Gasteiger charge is 2.08. The summed E-state index contributed by atoms with van der Waals surface area (Å²) < 4.78 is 0. The van der Waals surface area contributed by atoms with Gasteiger partial charge < -0.3 is 10.1 Å². The fraction of sp³-hybridized carbons (Fsp3) is 0.0909. The molecule has 0 unspecified atom stereocenters. The van der Waals surface area contributed by atoms with Gasteiger partial charge in [-0.1, -0.05) is 23.9 Å². The number of Topliss-reactive ketones (excluding diaryl/α,β-unsaturated/α-hetero) is 1. The Bertz CT molecular complexity index is 598. The first-order valence-electron chi connectivity index (χ1n) is 4.44. The molecule has 0 spiro atoms. The highest BCUT2D eigenvalue weighted by Crippen LogP contribution is 2.21. The summed E-state index contributed by atoms with van der Waals surface area (Å²) in [6.07, 6.45) is 0. The first-order chi connectivity index (χ1) is 7.11. The van der Waals surface area contributed by atoms with Crippen molar-refractivity contribution in [3.8, 4) is 5.75 Å². The third-order valence-electron chi connectivity index (χ3n) is 2.23. The van der Waals surface area contributed by atoms with Crippen LogP contribution in [0.15, 0.2) is 29.1 Å². The first kappa shape index (κ1) is 9.45. The summed E-state index contributed by atoms with van der Waals surface area (Å²) in [4.78, 5) is 25.0. The predicted octanol–water partition coefficient (Wildman–Crippen LogP) is 0.804. The molecule has 15 heavy (non-hydrogen) atoms. The Hall–Kier alpha value is -2.10. The number of aromatic nitrogens is 1. The van der Waals surface area contributed by atoms with Crippen LogP contribution in [0, 0.1) is 0 Å². The monoisotopic (exact) mass is 202 g/mol. The average molecular weight is 202 g/mol. The van der Waals surface area contributed by atoms with E-state index in [0.717, 1.165) is 0 Å². The third-order valence-corrected chi connectivity index (χ3v) is 2.23. The van der Waals surface area contributed by atoms with E-state index in [0.29, 0.717) is 10.9 Å². The topological polar surface area (TPSA) is 73.0 Å². The minimum atomic E-state index is -0.619. The van der Waals surface area contributed by atoms with Gasteiger partial charge in [0.15, 0.2) is 5.78 Å². The van der Waals surface area contributed by atoms with Crippen LogP contribution in [0.4, 0.5) is 0 Å². The number of aromatic amines is 1. The van der Waals surface area contributed by atoms with Crippen LogP contribution < -0.4 is 10.7 Å². The zero-order valence-corrected chi connectivity index (χ0v) is 8.03. The van der Waals surface area contributed by atoms with Crippen molar-refractivity contribution in [2.75, 3.05) is 0 Å². The van der Waals surface area contributed by atoms with Crippen LogP contribution in [0.2, 0.25) is 0 Å². The van der Waals surface area contributed by atoms with Crippen LogP contribution in [-0.2, 0) is 0 Å². The molecule has 76 valence electrons. The lowest BCUT2D eigenvalue weighted by Crippen LogP contribution is -2.19. The van der Waals surface area contributed by atoms with E-state index in [4.69, 9.17) is 0 Å². The maximum Gasteiger partial charge on any atom is 0.258 e. The zero-order valence-electron chi connectivity index (χ0n) is 8.03. The fourth-order valence-corrected chi connectivity index (χ4v) is 1.53. The van der Waals surface area contributed by atoms with Crippen LogP contribution in [0.5, 0.6) is 5.75 Å². The molecule has 2 aromatic rings. The Morgan fingerprint density at radius 2 is 2.00 bits per heavy atom. The Labute approximate surface area is 85.2 Å². The molecule has 0 radical (unpaired) electrons. The van der Waals surface area contributed by atoms with Gasteiger partial charge in [-0.3, -0.25) is 9.59 Å². The summed E-state index contributed by atoms with van der Waals surface area (Å²) in [7, 11) is 0. The number of pyridine rings is 1. The largest absolute Gasteiger partial charge is 0.871 e. The Balaban J connectivity index is 2.97. The van der Waals surface area contributed by atoms with Gasteiger partial charge in [-0.25, -0.2) is 0 Å². The number of hydrogen-bond acceptors (Lipinski definition) is 3. The number of nitrogens with one attached hydrogen (secondary N) is 1. The van der Waals surface area contributed by atoms with Crippen LogP contribution in [0.1, 0.15) is 17.3 Å². The smallest absolute Gasteiger partial charge is 0.258 e. The van der Waals surface area contributed by atoms with E-state index in [9.17, 15) is 14.7 Å². The molecule has 0 amide bonds. The van der Waals surface area contributed by atoms with Crippen molar-refractivity contribution in [3.05, 3.63) is 40.2 Å². The van der Waals surface area contributed by atoms with Crippen LogP contribution >= 0.6 is 0 Å². The van der Waals surface area contributed by atoms with E-state index in [2.05, 4.69) is 4.98 Å². The predicted molar refractivity (Wildman–Crippen MR) is 54.0 cm³/mol. The lowest BCUT2D eigenvalue weighted by atomic mass is 10.1. The molecule has 0 aliphatic rings.